The molecule has 0 fully saturated rings. The van der Waals surface area contributed by atoms with Gasteiger partial charge in [-0.25, -0.2) is 0 Å². The smallest absolute Gasteiger partial charge is 0.136 e. The Bertz CT molecular complexity index is 1960. The van der Waals surface area contributed by atoms with Gasteiger partial charge in [0.15, 0.2) is 0 Å². The highest BCUT2D eigenvalue weighted by molar-refractivity contribution is 6.18. The lowest BCUT2D eigenvalue weighted by Crippen LogP contribution is -1.95. The first-order valence-corrected chi connectivity index (χ1v) is 12.6. The van der Waals surface area contributed by atoms with Crippen molar-refractivity contribution >= 4 is 65.4 Å². The van der Waals surface area contributed by atoms with Crippen LogP contribution in [0.4, 0.5) is 0 Å². The summed E-state index contributed by atoms with van der Waals surface area (Å²) in [6, 6.07) is 24.5. The lowest BCUT2D eigenvalue weighted by Gasteiger charge is -2.15. The van der Waals surface area contributed by atoms with Crippen molar-refractivity contribution in [1.82, 2.24) is 0 Å². The Kier molecular flexibility index (Phi) is 4.18. The van der Waals surface area contributed by atoms with E-state index >= 15 is 0 Å². The molecule has 0 radical (unpaired) electrons. The Hall–Kier alpha value is -3.78. The molecule has 0 bridgehead atoms. The standard InChI is InChI=1S/C33H28O2/c1-17(2)21-9-23-12-27-29-16-32-28(15-33(29)35-31(27)14-25(23)24(10-21)18(3)4)26-11-22-8-19(5)6-7-20(22)13-30(26)34-32/h6-18H,1-5H3. The van der Waals surface area contributed by atoms with Gasteiger partial charge < -0.3 is 8.83 Å². The van der Waals surface area contributed by atoms with Crippen LogP contribution in [0.3, 0.4) is 0 Å². The van der Waals surface area contributed by atoms with E-state index in [0.29, 0.717) is 11.8 Å². The van der Waals surface area contributed by atoms with Crippen LogP contribution < -0.4 is 0 Å². The third-order valence-electron chi connectivity index (χ3n) is 7.59. The summed E-state index contributed by atoms with van der Waals surface area (Å²) in [5.74, 6) is 0.938. The quantitative estimate of drug-likeness (QED) is 0.259. The van der Waals surface area contributed by atoms with Crippen LogP contribution in [-0.2, 0) is 0 Å². The lowest BCUT2D eigenvalue weighted by molar-refractivity contribution is 0.664. The molecule has 0 aliphatic rings. The molecule has 0 aliphatic carbocycles. The van der Waals surface area contributed by atoms with Crippen LogP contribution in [0, 0.1) is 6.92 Å². The van der Waals surface area contributed by atoms with Crippen LogP contribution in [0.5, 0.6) is 0 Å². The van der Waals surface area contributed by atoms with Crippen molar-refractivity contribution in [3.8, 4) is 0 Å². The maximum atomic E-state index is 6.46. The Morgan fingerprint density at radius 2 is 1.06 bits per heavy atom. The summed E-state index contributed by atoms with van der Waals surface area (Å²) >= 11 is 0. The molecule has 0 amide bonds. The molecule has 2 heteroatoms. The Morgan fingerprint density at radius 1 is 0.486 bits per heavy atom. The van der Waals surface area contributed by atoms with Crippen LogP contribution in [0.15, 0.2) is 75.6 Å². The predicted molar refractivity (Wildman–Crippen MR) is 149 cm³/mol. The first-order chi connectivity index (χ1) is 16.9. The number of fused-ring (bicyclic) bond motifs is 8. The summed E-state index contributed by atoms with van der Waals surface area (Å²) in [6.07, 6.45) is 0. The molecule has 0 saturated heterocycles. The van der Waals surface area contributed by atoms with Crippen molar-refractivity contribution in [2.24, 2.45) is 0 Å². The second kappa shape index (κ2) is 7.11. The van der Waals surface area contributed by atoms with Gasteiger partial charge in [-0.05, 0) is 87.8 Å². The molecule has 0 unspecified atom stereocenters. The molecule has 2 heterocycles. The fraction of sp³-hybridized carbons (Fsp3) is 0.212. The summed E-state index contributed by atoms with van der Waals surface area (Å²) in [5, 5.41) is 9.48. The van der Waals surface area contributed by atoms with E-state index in [1.165, 1.54) is 38.2 Å². The van der Waals surface area contributed by atoms with Crippen LogP contribution in [-0.4, -0.2) is 0 Å². The van der Waals surface area contributed by atoms with Crippen LogP contribution in [0.1, 0.15) is 56.2 Å². The van der Waals surface area contributed by atoms with Crippen LogP contribution >= 0.6 is 0 Å². The maximum Gasteiger partial charge on any atom is 0.136 e. The molecule has 2 aromatic heterocycles. The lowest BCUT2D eigenvalue weighted by atomic mass is 9.89. The van der Waals surface area contributed by atoms with Gasteiger partial charge in [0, 0.05) is 21.5 Å². The first-order valence-electron chi connectivity index (χ1n) is 12.6. The monoisotopic (exact) mass is 456 g/mol. The summed E-state index contributed by atoms with van der Waals surface area (Å²) < 4.78 is 12.8. The molecule has 5 aromatic carbocycles. The molecule has 0 atom stereocenters. The van der Waals surface area contributed by atoms with E-state index < -0.39 is 0 Å². The zero-order chi connectivity index (χ0) is 24.0. The summed E-state index contributed by atoms with van der Waals surface area (Å²) in [7, 11) is 0. The largest absolute Gasteiger partial charge is 0.456 e. The van der Waals surface area contributed by atoms with E-state index in [9.17, 15) is 0 Å². The molecule has 7 rings (SSSR count). The second-order valence-electron chi connectivity index (χ2n) is 10.7. The highest BCUT2D eigenvalue weighted by Gasteiger charge is 2.17. The summed E-state index contributed by atoms with van der Waals surface area (Å²) in [5.41, 5.74) is 7.70. The van der Waals surface area contributed by atoms with Gasteiger partial charge in [-0.15, -0.1) is 0 Å². The predicted octanol–water partition coefficient (Wildman–Crippen LogP) is 10.3. The number of benzene rings is 5. The van der Waals surface area contributed by atoms with Gasteiger partial charge in [-0.1, -0.05) is 63.6 Å². The van der Waals surface area contributed by atoms with Gasteiger partial charge in [0.25, 0.3) is 0 Å². The normalized spacial score (nSPS) is 12.7. The maximum absolute atomic E-state index is 6.46. The average Bonchev–Trinajstić information content (AvgIpc) is 3.35. The van der Waals surface area contributed by atoms with Gasteiger partial charge in [-0.3, -0.25) is 0 Å². The molecule has 35 heavy (non-hydrogen) atoms. The highest BCUT2D eigenvalue weighted by Crippen LogP contribution is 2.40. The third kappa shape index (κ3) is 3.02. The van der Waals surface area contributed by atoms with Crippen LogP contribution in [0.2, 0.25) is 0 Å². The number of rotatable bonds is 2. The highest BCUT2D eigenvalue weighted by atomic mass is 16.3. The first kappa shape index (κ1) is 20.6. The van der Waals surface area contributed by atoms with Crippen molar-refractivity contribution in [2.75, 3.05) is 0 Å². The molecule has 0 aliphatic heterocycles. The molecule has 7 aromatic rings. The Morgan fingerprint density at radius 3 is 1.69 bits per heavy atom. The zero-order valence-electron chi connectivity index (χ0n) is 20.8. The summed E-state index contributed by atoms with van der Waals surface area (Å²) in [4.78, 5) is 0. The van der Waals surface area contributed by atoms with Gasteiger partial charge in [0.1, 0.15) is 22.3 Å². The minimum absolute atomic E-state index is 0.449. The number of aryl methyl sites for hydroxylation is 1. The van der Waals surface area contributed by atoms with Crippen molar-refractivity contribution in [3.05, 3.63) is 83.4 Å². The Labute approximate surface area is 204 Å². The van der Waals surface area contributed by atoms with E-state index in [-0.39, 0.29) is 0 Å². The SMILES string of the molecule is Cc1ccc2cc3oc4cc5c(cc4c3cc2c1)oc1cc2c(C(C)C)cc(C(C)C)cc2cc15. The number of hydrogen-bond acceptors (Lipinski definition) is 2. The van der Waals surface area contributed by atoms with E-state index in [2.05, 4.69) is 101 Å². The third-order valence-corrected chi connectivity index (χ3v) is 7.59. The fourth-order valence-corrected chi connectivity index (χ4v) is 5.63. The van der Waals surface area contributed by atoms with Gasteiger partial charge >= 0.3 is 0 Å². The van der Waals surface area contributed by atoms with E-state index in [1.54, 1.807) is 0 Å². The Balaban J connectivity index is 1.54. The van der Waals surface area contributed by atoms with E-state index in [1.807, 2.05) is 0 Å². The molecule has 0 N–H and O–H groups in total. The molecule has 0 saturated carbocycles. The van der Waals surface area contributed by atoms with Crippen molar-refractivity contribution in [3.63, 3.8) is 0 Å². The van der Waals surface area contributed by atoms with Gasteiger partial charge in [0.2, 0.25) is 0 Å². The van der Waals surface area contributed by atoms with Crippen molar-refractivity contribution in [1.29, 1.82) is 0 Å². The van der Waals surface area contributed by atoms with Gasteiger partial charge in [-0.2, -0.15) is 0 Å². The molecule has 2 nitrogen and oxygen atoms in total. The van der Waals surface area contributed by atoms with Crippen molar-refractivity contribution in [2.45, 2.75) is 46.5 Å². The minimum atomic E-state index is 0.449. The van der Waals surface area contributed by atoms with Crippen molar-refractivity contribution < 1.29 is 8.83 Å². The summed E-state index contributed by atoms with van der Waals surface area (Å²) in [6.45, 7) is 11.2. The van der Waals surface area contributed by atoms with Gasteiger partial charge in [0.05, 0.1) is 0 Å². The minimum Gasteiger partial charge on any atom is -0.456 e. The topological polar surface area (TPSA) is 26.3 Å². The second-order valence-corrected chi connectivity index (χ2v) is 10.7. The molecule has 0 spiro atoms. The number of furan rings is 2. The van der Waals surface area contributed by atoms with Crippen LogP contribution in [0.25, 0.3) is 65.4 Å². The molecular formula is C33H28O2. The number of hydrogen-bond donors (Lipinski definition) is 0. The molecular weight excluding hydrogens is 428 g/mol. The fourth-order valence-electron chi connectivity index (χ4n) is 5.63. The zero-order valence-corrected chi connectivity index (χ0v) is 20.8. The molecule has 172 valence electrons. The average molecular weight is 457 g/mol. The van der Waals surface area contributed by atoms with E-state index in [4.69, 9.17) is 8.83 Å². The van der Waals surface area contributed by atoms with E-state index in [0.717, 1.165) is 43.9 Å².